The molecule has 0 amide bonds. The van der Waals surface area contributed by atoms with Crippen molar-refractivity contribution in [1.82, 2.24) is 10.2 Å². The van der Waals surface area contributed by atoms with E-state index < -0.39 is 0 Å². The first-order chi connectivity index (χ1) is 9.21. The Morgan fingerprint density at radius 2 is 1.74 bits per heavy atom. The summed E-state index contributed by atoms with van der Waals surface area (Å²) in [5.74, 6) is 0. The van der Waals surface area contributed by atoms with Gasteiger partial charge in [0.2, 0.25) is 0 Å². The number of likely N-dealkylation sites (tertiary alicyclic amines) is 1. The Balaban J connectivity index is 1.91. The molecule has 106 valence electrons. The minimum atomic E-state index is 0.589. The van der Waals surface area contributed by atoms with Gasteiger partial charge in [0.15, 0.2) is 0 Å². The maximum Gasteiger partial charge on any atom is 0.0233 e. The summed E-state index contributed by atoms with van der Waals surface area (Å²) in [6, 6.07) is 9.05. The highest BCUT2D eigenvalue weighted by Crippen LogP contribution is 2.37. The first-order valence-electron chi connectivity index (χ1n) is 7.66. The molecule has 1 fully saturated rings. The van der Waals surface area contributed by atoms with Gasteiger partial charge in [0.05, 0.1) is 0 Å². The highest BCUT2D eigenvalue weighted by Gasteiger charge is 2.34. The second-order valence-corrected chi connectivity index (χ2v) is 6.01. The first kappa shape index (κ1) is 14.5. The van der Waals surface area contributed by atoms with Crippen LogP contribution < -0.4 is 5.32 Å². The molecule has 1 aromatic rings. The third-order valence-electron chi connectivity index (χ3n) is 4.83. The van der Waals surface area contributed by atoms with Gasteiger partial charge < -0.3 is 5.32 Å². The van der Waals surface area contributed by atoms with Crippen LogP contribution >= 0.6 is 0 Å². The van der Waals surface area contributed by atoms with E-state index in [1.165, 1.54) is 43.5 Å². The average Bonchev–Trinajstić information content (AvgIpc) is 2.85. The third kappa shape index (κ3) is 3.58. The lowest BCUT2D eigenvalue weighted by Gasteiger charge is -2.26. The Bertz CT molecular complexity index is 379. The molecule has 1 heterocycles. The van der Waals surface area contributed by atoms with Gasteiger partial charge in [-0.25, -0.2) is 0 Å². The van der Waals surface area contributed by atoms with Crippen molar-refractivity contribution in [3.8, 4) is 0 Å². The van der Waals surface area contributed by atoms with Crippen molar-refractivity contribution in [1.29, 1.82) is 0 Å². The topological polar surface area (TPSA) is 15.3 Å². The van der Waals surface area contributed by atoms with Gasteiger partial charge in [-0.1, -0.05) is 38.1 Å². The lowest BCUT2D eigenvalue weighted by atomic mass is 9.82. The summed E-state index contributed by atoms with van der Waals surface area (Å²) >= 11 is 0. The summed E-state index contributed by atoms with van der Waals surface area (Å²) in [5.41, 5.74) is 3.40. The first-order valence-corrected chi connectivity index (χ1v) is 7.66. The molecule has 0 radical (unpaired) electrons. The fourth-order valence-corrected chi connectivity index (χ4v) is 3.21. The Labute approximate surface area is 118 Å². The highest BCUT2D eigenvalue weighted by atomic mass is 15.2. The molecule has 2 nitrogen and oxygen atoms in total. The van der Waals surface area contributed by atoms with Crippen LogP contribution in [-0.4, -0.2) is 25.0 Å². The standard InChI is InChI=1S/C17H28N2/c1-4-17(5-2)10-11-19(14-17)13-16-8-6-15(7-9-16)12-18-3/h6-9,18H,4-5,10-14H2,1-3H3. The van der Waals surface area contributed by atoms with Gasteiger partial charge in [0.1, 0.15) is 0 Å². The Hall–Kier alpha value is -0.860. The Morgan fingerprint density at radius 1 is 1.11 bits per heavy atom. The van der Waals surface area contributed by atoms with Crippen LogP contribution in [0, 0.1) is 5.41 Å². The molecule has 0 aliphatic carbocycles. The van der Waals surface area contributed by atoms with Crippen LogP contribution in [0.4, 0.5) is 0 Å². The van der Waals surface area contributed by atoms with Crippen LogP contribution in [0.25, 0.3) is 0 Å². The van der Waals surface area contributed by atoms with Crippen molar-refractivity contribution in [2.24, 2.45) is 5.41 Å². The van der Waals surface area contributed by atoms with Crippen molar-refractivity contribution in [3.63, 3.8) is 0 Å². The van der Waals surface area contributed by atoms with E-state index in [9.17, 15) is 0 Å². The molecule has 19 heavy (non-hydrogen) atoms. The normalized spacial score (nSPS) is 18.9. The lowest BCUT2D eigenvalue weighted by molar-refractivity contribution is 0.236. The van der Waals surface area contributed by atoms with Gasteiger partial charge >= 0.3 is 0 Å². The zero-order valence-corrected chi connectivity index (χ0v) is 12.7. The summed E-state index contributed by atoms with van der Waals surface area (Å²) in [7, 11) is 1.99. The van der Waals surface area contributed by atoms with Gasteiger partial charge in [0, 0.05) is 19.6 Å². The van der Waals surface area contributed by atoms with Gasteiger partial charge in [-0.15, -0.1) is 0 Å². The SMILES string of the molecule is CCC1(CC)CCN(Cc2ccc(CNC)cc2)C1. The van der Waals surface area contributed by atoms with E-state index >= 15 is 0 Å². The van der Waals surface area contributed by atoms with Crippen LogP contribution in [0.2, 0.25) is 0 Å². The number of nitrogens with zero attached hydrogens (tertiary/aromatic N) is 1. The molecule has 0 saturated carbocycles. The molecule has 0 aromatic heterocycles. The summed E-state index contributed by atoms with van der Waals surface area (Å²) in [4.78, 5) is 2.63. The zero-order chi connectivity index (χ0) is 13.7. The number of hydrogen-bond acceptors (Lipinski definition) is 2. The Morgan fingerprint density at radius 3 is 2.26 bits per heavy atom. The fraction of sp³-hybridized carbons (Fsp3) is 0.647. The molecule has 1 saturated heterocycles. The zero-order valence-electron chi connectivity index (χ0n) is 12.7. The van der Waals surface area contributed by atoms with Gasteiger partial charge in [-0.3, -0.25) is 4.90 Å². The summed E-state index contributed by atoms with van der Waals surface area (Å²) in [6.45, 7) is 9.30. The molecule has 1 aliphatic heterocycles. The molecule has 2 heteroatoms. The maximum absolute atomic E-state index is 3.19. The number of nitrogens with one attached hydrogen (secondary N) is 1. The highest BCUT2D eigenvalue weighted by molar-refractivity contribution is 5.22. The van der Waals surface area contributed by atoms with Gasteiger partial charge in [0.25, 0.3) is 0 Å². The molecule has 0 unspecified atom stereocenters. The van der Waals surface area contributed by atoms with Crippen LogP contribution in [0.5, 0.6) is 0 Å². The van der Waals surface area contributed by atoms with Crippen molar-refractivity contribution in [3.05, 3.63) is 35.4 Å². The maximum atomic E-state index is 3.19. The lowest BCUT2D eigenvalue weighted by Crippen LogP contribution is -2.26. The minimum Gasteiger partial charge on any atom is -0.316 e. The van der Waals surface area contributed by atoms with Crippen molar-refractivity contribution < 1.29 is 0 Å². The van der Waals surface area contributed by atoms with Gasteiger partial charge in [-0.2, -0.15) is 0 Å². The minimum absolute atomic E-state index is 0.589. The molecule has 0 bridgehead atoms. The molecule has 0 atom stereocenters. The molecule has 1 aliphatic rings. The third-order valence-corrected chi connectivity index (χ3v) is 4.83. The largest absolute Gasteiger partial charge is 0.316 e. The van der Waals surface area contributed by atoms with Crippen molar-refractivity contribution in [2.75, 3.05) is 20.1 Å². The van der Waals surface area contributed by atoms with Crippen molar-refractivity contribution >= 4 is 0 Å². The fourth-order valence-electron chi connectivity index (χ4n) is 3.21. The quantitative estimate of drug-likeness (QED) is 0.843. The summed E-state index contributed by atoms with van der Waals surface area (Å²) in [6.07, 6.45) is 4.01. The van der Waals surface area contributed by atoms with Crippen LogP contribution in [0.3, 0.4) is 0 Å². The molecule has 2 rings (SSSR count). The molecular weight excluding hydrogens is 232 g/mol. The van der Waals surface area contributed by atoms with E-state index in [-0.39, 0.29) is 0 Å². The number of benzene rings is 1. The van der Waals surface area contributed by atoms with E-state index in [1.807, 2.05) is 7.05 Å². The Kier molecular flexibility index (Phi) is 5.00. The molecule has 0 spiro atoms. The smallest absolute Gasteiger partial charge is 0.0233 e. The van der Waals surface area contributed by atoms with E-state index in [0.29, 0.717) is 5.41 Å². The predicted octanol–water partition coefficient (Wildman–Crippen LogP) is 3.42. The molecule has 1 aromatic carbocycles. The van der Waals surface area contributed by atoms with Crippen LogP contribution in [0.15, 0.2) is 24.3 Å². The van der Waals surface area contributed by atoms with Crippen LogP contribution in [0.1, 0.15) is 44.2 Å². The van der Waals surface area contributed by atoms with E-state index in [0.717, 1.165) is 13.1 Å². The van der Waals surface area contributed by atoms with Gasteiger partial charge in [-0.05, 0) is 49.4 Å². The predicted molar refractivity (Wildman–Crippen MR) is 82.1 cm³/mol. The molecular formula is C17H28N2. The van der Waals surface area contributed by atoms with E-state index in [4.69, 9.17) is 0 Å². The molecule has 1 N–H and O–H groups in total. The van der Waals surface area contributed by atoms with Crippen molar-refractivity contribution in [2.45, 2.75) is 46.2 Å². The summed E-state index contributed by atoms with van der Waals surface area (Å²) in [5, 5.41) is 3.19. The van der Waals surface area contributed by atoms with E-state index in [1.54, 1.807) is 0 Å². The average molecular weight is 260 g/mol. The second-order valence-electron chi connectivity index (χ2n) is 6.01. The second kappa shape index (κ2) is 6.53. The van der Waals surface area contributed by atoms with Crippen LogP contribution in [-0.2, 0) is 13.1 Å². The number of rotatable bonds is 6. The monoisotopic (exact) mass is 260 g/mol. The number of hydrogen-bond donors (Lipinski definition) is 1. The van der Waals surface area contributed by atoms with E-state index in [2.05, 4.69) is 48.3 Å². The summed E-state index contributed by atoms with van der Waals surface area (Å²) < 4.78 is 0.